The van der Waals surface area contributed by atoms with Gasteiger partial charge in [-0.1, -0.05) is 17.8 Å². The molecule has 5 nitrogen and oxygen atoms in total. The number of nitrogens with zero attached hydrogens (tertiary/aromatic N) is 2. The van der Waals surface area contributed by atoms with Crippen LogP contribution in [0.4, 0.5) is 4.39 Å². The summed E-state index contributed by atoms with van der Waals surface area (Å²) in [5.41, 5.74) is 0.805. The molecule has 0 spiro atoms. The molecule has 0 bridgehead atoms. The highest BCUT2D eigenvalue weighted by molar-refractivity contribution is 7.98. The molecule has 0 unspecified atom stereocenters. The van der Waals surface area contributed by atoms with E-state index in [-0.39, 0.29) is 5.46 Å². The van der Waals surface area contributed by atoms with Crippen LogP contribution in [0.2, 0.25) is 0 Å². The van der Waals surface area contributed by atoms with Crippen molar-refractivity contribution in [3.8, 4) is 0 Å². The standard InChI is InChI=1S/C9H9BFN3O2S/c11-7-2-1-6(8(3-7)10(15)16)4-17-9-12-5-13-14-9/h1-3,5,15-16H,4H2,(H,12,13,14). The van der Waals surface area contributed by atoms with Crippen LogP contribution in [-0.2, 0) is 5.75 Å². The Hall–Kier alpha value is -1.38. The molecule has 1 heterocycles. The van der Waals surface area contributed by atoms with E-state index in [0.717, 1.165) is 6.07 Å². The lowest BCUT2D eigenvalue weighted by Gasteiger charge is -2.07. The van der Waals surface area contributed by atoms with Crippen LogP contribution in [0.1, 0.15) is 5.56 Å². The SMILES string of the molecule is OB(O)c1cc(F)ccc1CSc1ncn[nH]1. The zero-order chi connectivity index (χ0) is 12.3. The molecule has 0 amide bonds. The molecule has 88 valence electrons. The lowest BCUT2D eigenvalue weighted by Crippen LogP contribution is -2.33. The first-order valence-corrected chi connectivity index (χ1v) is 5.78. The zero-order valence-electron chi connectivity index (χ0n) is 8.67. The second kappa shape index (κ2) is 5.30. The average Bonchev–Trinajstić information content (AvgIpc) is 2.80. The summed E-state index contributed by atoms with van der Waals surface area (Å²) >= 11 is 1.34. The van der Waals surface area contributed by atoms with Crippen LogP contribution in [0.15, 0.2) is 29.7 Å². The summed E-state index contributed by atoms with van der Waals surface area (Å²) in [4.78, 5) is 3.92. The number of hydrogen-bond donors (Lipinski definition) is 3. The predicted octanol–water partition coefficient (Wildman–Crippen LogP) is -0.0841. The maximum absolute atomic E-state index is 13.0. The van der Waals surface area contributed by atoms with Gasteiger partial charge in [-0.05, 0) is 23.2 Å². The van der Waals surface area contributed by atoms with Gasteiger partial charge in [-0.25, -0.2) is 9.37 Å². The Bertz CT molecular complexity index is 495. The van der Waals surface area contributed by atoms with E-state index in [0.29, 0.717) is 16.5 Å². The van der Waals surface area contributed by atoms with Crippen molar-refractivity contribution >= 4 is 24.3 Å². The largest absolute Gasteiger partial charge is 0.488 e. The molecule has 0 fully saturated rings. The predicted molar refractivity (Wildman–Crippen MR) is 62.2 cm³/mol. The molecule has 0 atom stereocenters. The van der Waals surface area contributed by atoms with Gasteiger partial charge in [0.1, 0.15) is 12.1 Å². The first kappa shape index (κ1) is 12.1. The summed E-state index contributed by atoms with van der Waals surface area (Å²) in [5.74, 6) is -0.0517. The number of halogens is 1. The van der Waals surface area contributed by atoms with Crippen molar-refractivity contribution < 1.29 is 14.4 Å². The van der Waals surface area contributed by atoms with E-state index in [9.17, 15) is 4.39 Å². The van der Waals surface area contributed by atoms with Crippen molar-refractivity contribution in [3.05, 3.63) is 35.9 Å². The molecular formula is C9H9BFN3O2S. The molecular weight excluding hydrogens is 244 g/mol. The summed E-state index contributed by atoms with van der Waals surface area (Å²) in [6, 6.07) is 3.91. The lowest BCUT2D eigenvalue weighted by atomic mass is 9.77. The van der Waals surface area contributed by atoms with Crippen LogP contribution in [-0.4, -0.2) is 32.3 Å². The van der Waals surface area contributed by atoms with Crippen molar-refractivity contribution in [2.75, 3.05) is 0 Å². The van der Waals surface area contributed by atoms with Gasteiger partial charge >= 0.3 is 7.12 Å². The highest BCUT2D eigenvalue weighted by atomic mass is 32.2. The molecule has 2 aromatic rings. The number of aromatic nitrogens is 3. The molecule has 1 aromatic heterocycles. The average molecular weight is 253 g/mol. The summed E-state index contributed by atoms with van der Waals surface area (Å²) in [6.45, 7) is 0. The van der Waals surface area contributed by atoms with E-state index in [1.54, 1.807) is 0 Å². The number of hydrogen-bond acceptors (Lipinski definition) is 5. The van der Waals surface area contributed by atoms with Crippen LogP contribution >= 0.6 is 11.8 Å². The Morgan fingerprint density at radius 3 is 2.88 bits per heavy atom. The molecule has 0 aliphatic heterocycles. The Balaban J connectivity index is 2.14. The maximum Gasteiger partial charge on any atom is 0.488 e. The summed E-state index contributed by atoms with van der Waals surface area (Å²) < 4.78 is 13.0. The first-order valence-electron chi connectivity index (χ1n) is 4.79. The van der Waals surface area contributed by atoms with Crippen molar-refractivity contribution in [3.63, 3.8) is 0 Å². The molecule has 1 aromatic carbocycles. The van der Waals surface area contributed by atoms with Gasteiger partial charge in [-0.3, -0.25) is 5.10 Å². The van der Waals surface area contributed by atoms with Crippen LogP contribution in [0.5, 0.6) is 0 Å². The van der Waals surface area contributed by atoms with Crippen LogP contribution in [0.3, 0.4) is 0 Å². The molecule has 0 aliphatic carbocycles. The third-order valence-corrected chi connectivity index (χ3v) is 3.07. The quantitative estimate of drug-likeness (QED) is 0.524. The molecule has 2 rings (SSSR count). The monoisotopic (exact) mass is 253 g/mol. The van der Waals surface area contributed by atoms with Gasteiger partial charge in [0, 0.05) is 5.75 Å². The van der Waals surface area contributed by atoms with E-state index >= 15 is 0 Å². The van der Waals surface area contributed by atoms with Gasteiger partial charge in [0.05, 0.1) is 0 Å². The highest BCUT2D eigenvalue weighted by Gasteiger charge is 2.17. The van der Waals surface area contributed by atoms with Crippen molar-refractivity contribution in [2.24, 2.45) is 0 Å². The Labute approximate surface area is 101 Å². The fourth-order valence-electron chi connectivity index (χ4n) is 1.35. The number of thioether (sulfide) groups is 1. The van der Waals surface area contributed by atoms with E-state index in [4.69, 9.17) is 10.0 Å². The molecule has 17 heavy (non-hydrogen) atoms. The topological polar surface area (TPSA) is 82.0 Å². The third-order valence-electron chi connectivity index (χ3n) is 2.14. The van der Waals surface area contributed by atoms with E-state index < -0.39 is 12.9 Å². The first-order chi connectivity index (χ1) is 8.16. The molecule has 0 saturated carbocycles. The van der Waals surface area contributed by atoms with Gasteiger partial charge in [-0.15, -0.1) is 0 Å². The minimum absolute atomic E-state index is 0.164. The van der Waals surface area contributed by atoms with Crippen molar-refractivity contribution in [1.29, 1.82) is 0 Å². The Kier molecular flexibility index (Phi) is 3.77. The third kappa shape index (κ3) is 3.05. The van der Waals surface area contributed by atoms with E-state index in [2.05, 4.69) is 15.2 Å². The second-order valence-electron chi connectivity index (χ2n) is 3.30. The number of benzene rings is 1. The normalized spacial score (nSPS) is 10.5. The second-order valence-corrected chi connectivity index (χ2v) is 4.26. The molecule has 0 radical (unpaired) electrons. The van der Waals surface area contributed by atoms with E-state index in [1.165, 1.54) is 30.2 Å². The highest BCUT2D eigenvalue weighted by Crippen LogP contribution is 2.17. The van der Waals surface area contributed by atoms with Crippen molar-refractivity contribution in [1.82, 2.24) is 15.2 Å². The number of nitrogens with one attached hydrogen (secondary N) is 1. The lowest BCUT2D eigenvalue weighted by molar-refractivity contribution is 0.425. The molecule has 0 saturated heterocycles. The van der Waals surface area contributed by atoms with Crippen LogP contribution in [0.25, 0.3) is 0 Å². The summed E-state index contributed by atoms with van der Waals surface area (Å²) in [6.07, 6.45) is 1.38. The fourth-order valence-corrected chi connectivity index (χ4v) is 2.14. The molecule has 0 aliphatic rings. The van der Waals surface area contributed by atoms with Gasteiger partial charge in [0.2, 0.25) is 0 Å². The van der Waals surface area contributed by atoms with Crippen molar-refractivity contribution in [2.45, 2.75) is 10.9 Å². The van der Waals surface area contributed by atoms with Gasteiger partial charge < -0.3 is 10.0 Å². The van der Waals surface area contributed by atoms with Gasteiger partial charge in [0.25, 0.3) is 0 Å². The zero-order valence-corrected chi connectivity index (χ0v) is 9.49. The Morgan fingerprint density at radius 2 is 2.24 bits per heavy atom. The Morgan fingerprint density at radius 1 is 1.41 bits per heavy atom. The number of aromatic amines is 1. The smallest absolute Gasteiger partial charge is 0.423 e. The number of H-pyrrole nitrogens is 1. The maximum atomic E-state index is 13.0. The molecule has 3 N–H and O–H groups in total. The van der Waals surface area contributed by atoms with Gasteiger partial charge in [0.15, 0.2) is 5.16 Å². The summed E-state index contributed by atoms with van der Waals surface area (Å²) in [7, 11) is -1.68. The van der Waals surface area contributed by atoms with Crippen LogP contribution < -0.4 is 5.46 Å². The van der Waals surface area contributed by atoms with E-state index in [1.807, 2.05) is 0 Å². The van der Waals surface area contributed by atoms with Gasteiger partial charge in [-0.2, -0.15) is 5.10 Å². The minimum Gasteiger partial charge on any atom is -0.423 e. The number of rotatable bonds is 4. The molecule has 8 heteroatoms. The summed E-state index contributed by atoms with van der Waals surface area (Å²) in [5, 5.41) is 25.2. The van der Waals surface area contributed by atoms with Crippen LogP contribution in [0, 0.1) is 5.82 Å². The fraction of sp³-hybridized carbons (Fsp3) is 0.111. The minimum atomic E-state index is -1.68.